The van der Waals surface area contributed by atoms with Crippen LogP contribution in [-0.2, 0) is 11.3 Å². The van der Waals surface area contributed by atoms with Crippen molar-refractivity contribution in [3.05, 3.63) is 35.4 Å². The van der Waals surface area contributed by atoms with Gasteiger partial charge < -0.3 is 10.6 Å². The zero-order chi connectivity index (χ0) is 13.5. The molecule has 0 spiro atoms. The molecule has 0 aliphatic heterocycles. The molecule has 0 radical (unpaired) electrons. The van der Waals surface area contributed by atoms with E-state index in [4.69, 9.17) is 5.73 Å². The zero-order valence-electron chi connectivity index (χ0n) is 11.2. The fraction of sp³-hybridized carbons (Fsp3) is 0.400. The second-order valence-corrected chi connectivity index (χ2v) is 4.56. The molecular formula is C15H20N2O. The van der Waals surface area contributed by atoms with E-state index in [9.17, 15) is 4.79 Å². The van der Waals surface area contributed by atoms with Gasteiger partial charge in [0.05, 0.1) is 6.54 Å². The fourth-order valence-electron chi connectivity index (χ4n) is 1.69. The van der Waals surface area contributed by atoms with Crippen LogP contribution < -0.4 is 5.73 Å². The summed E-state index contributed by atoms with van der Waals surface area (Å²) in [5.41, 5.74) is 7.35. The number of nitrogens with two attached hydrogens (primary N) is 1. The molecule has 0 aromatic heterocycles. The normalized spacial score (nSPS) is 9.83. The first-order valence-electron chi connectivity index (χ1n) is 6.07. The Bertz CT molecular complexity index is 469. The smallest absolute Gasteiger partial charge is 0.225 e. The first-order chi connectivity index (χ1) is 8.54. The molecule has 0 fully saturated rings. The summed E-state index contributed by atoms with van der Waals surface area (Å²) in [6.45, 7) is 4.77. The second-order valence-electron chi connectivity index (χ2n) is 4.56. The van der Waals surface area contributed by atoms with Gasteiger partial charge in [0.2, 0.25) is 5.91 Å². The molecule has 3 heteroatoms. The van der Waals surface area contributed by atoms with Crippen LogP contribution in [0.3, 0.4) is 0 Å². The first kappa shape index (κ1) is 14.3. The van der Waals surface area contributed by atoms with Crippen molar-refractivity contribution < 1.29 is 4.79 Å². The zero-order valence-corrected chi connectivity index (χ0v) is 11.2. The lowest BCUT2D eigenvalue weighted by molar-refractivity contribution is -0.133. The molecule has 1 aromatic carbocycles. The maximum Gasteiger partial charge on any atom is 0.225 e. The SMILES string of the molecule is CC(C)C(=O)N(C)Cc1cccc(C#CCN)c1. The van der Waals surface area contributed by atoms with Crippen LogP contribution in [0.1, 0.15) is 25.0 Å². The predicted molar refractivity (Wildman–Crippen MR) is 73.7 cm³/mol. The highest BCUT2D eigenvalue weighted by Crippen LogP contribution is 2.09. The highest BCUT2D eigenvalue weighted by Gasteiger charge is 2.12. The Morgan fingerprint density at radius 1 is 1.44 bits per heavy atom. The van der Waals surface area contributed by atoms with Crippen molar-refractivity contribution in [2.75, 3.05) is 13.6 Å². The molecule has 1 rings (SSSR count). The molecule has 0 atom stereocenters. The van der Waals surface area contributed by atoms with E-state index >= 15 is 0 Å². The van der Waals surface area contributed by atoms with Gasteiger partial charge in [0, 0.05) is 25.1 Å². The molecular weight excluding hydrogens is 224 g/mol. The molecule has 0 saturated heterocycles. The number of benzene rings is 1. The largest absolute Gasteiger partial charge is 0.341 e. The van der Waals surface area contributed by atoms with Crippen LogP contribution in [0.25, 0.3) is 0 Å². The summed E-state index contributed by atoms with van der Waals surface area (Å²) in [5.74, 6) is 5.98. The predicted octanol–water partition coefficient (Wildman–Crippen LogP) is 1.61. The van der Waals surface area contributed by atoms with Crippen LogP contribution in [0, 0.1) is 17.8 Å². The molecule has 1 aromatic rings. The Labute approximate surface area is 109 Å². The van der Waals surface area contributed by atoms with E-state index in [1.54, 1.807) is 4.90 Å². The van der Waals surface area contributed by atoms with Crippen molar-refractivity contribution in [2.24, 2.45) is 11.7 Å². The van der Waals surface area contributed by atoms with Gasteiger partial charge in [-0.05, 0) is 17.7 Å². The Morgan fingerprint density at radius 2 is 2.17 bits per heavy atom. The number of carbonyl (C=O) groups is 1. The van der Waals surface area contributed by atoms with Crippen LogP contribution >= 0.6 is 0 Å². The monoisotopic (exact) mass is 244 g/mol. The van der Waals surface area contributed by atoms with Gasteiger partial charge in [-0.3, -0.25) is 4.79 Å². The molecule has 0 aliphatic carbocycles. The highest BCUT2D eigenvalue weighted by molar-refractivity contribution is 5.77. The molecule has 96 valence electrons. The average molecular weight is 244 g/mol. The van der Waals surface area contributed by atoms with Gasteiger partial charge >= 0.3 is 0 Å². The Morgan fingerprint density at radius 3 is 2.78 bits per heavy atom. The fourth-order valence-corrected chi connectivity index (χ4v) is 1.69. The van der Waals surface area contributed by atoms with Crippen LogP contribution in [0.15, 0.2) is 24.3 Å². The molecule has 18 heavy (non-hydrogen) atoms. The topological polar surface area (TPSA) is 46.3 Å². The summed E-state index contributed by atoms with van der Waals surface area (Å²) in [6, 6.07) is 7.88. The van der Waals surface area contributed by atoms with Gasteiger partial charge in [0.25, 0.3) is 0 Å². The Balaban J connectivity index is 2.76. The molecule has 0 heterocycles. The summed E-state index contributed by atoms with van der Waals surface area (Å²) in [4.78, 5) is 13.5. The minimum Gasteiger partial charge on any atom is -0.341 e. The number of rotatable bonds is 3. The Kier molecular flexibility index (Phi) is 5.41. The van der Waals surface area contributed by atoms with Crippen molar-refractivity contribution in [1.82, 2.24) is 4.90 Å². The molecule has 0 saturated carbocycles. The van der Waals surface area contributed by atoms with Crippen LogP contribution in [0.5, 0.6) is 0 Å². The molecule has 0 unspecified atom stereocenters. The van der Waals surface area contributed by atoms with E-state index < -0.39 is 0 Å². The van der Waals surface area contributed by atoms with Crippen molar-refractivity contribution in [1.29, 1.82) is 0 Å². The van der Waals surface area contributed by atoms with Gasteiger partial charge in [-0.1, -0.05) is 37.8 Å². The van der Waals surface area contributed by atoms with Crippen LogP contribution in [-0.4, -0.2) is 24.4 Å². The molecule has 3 nitrogen and oxygen atoms in total. The standard InChI is InChI=1S/C15H20N2O/c1-12(2)15(18)17(3)11-14-7-4-6-13(10-14)8-5-9-16/h4,6-7,10,12H,9,11,16H2,1-3H3. The van der Waals surface area contributed by atoms with E-state index in [0.29, 0.717) is 13.1 Å². The van der Waals surface area contributed by atoms with Gasteiger partial charge in [-0.15, -0.1) is 0 Å². The number of nitrogens with zero attached hydrogens (tertiary/aromatic N) is 1. The Hall–Kier alpha value is -1.79. The lowest BCUT2D eigenvalue weighted by atomic mass is 10.1. The number of hydrogen-bond acceptors (Lipinski definition) is 2. The van der Waals surface area contributed by atoms with Crippen molar-refractivity contribution in [3.63, 3.8) is 0 Å². The van der Waals surface area contributed by atoms with E-state index in [-0.39, 0.29) is 11.8 Å². The number of hydrogen-bond donors (Lipinski definition) is 1. The third-order valence-corrected chi connectivity index (χ3v) is 2.55. The molecule has 2 N–H and O–H groups in total. The maximum atomic E-state index is 11.8. The molecule has 1 amide bonds. The minimum atomic E-state index is 0.0233. The number of amides is 1. The second kappa shape index (κ2) is 6.83. The van der Waals surface area contributed by atoms with Crippen LogP contribution in [0.2, 0.25) is 0 Å². The third kappa shape index (κ3) is 4.23. The summed E-state index contributed by atoms with van der Waals surface area (Å²) >= 11 is 0. The van der Waals surface area contributed by atoms with Crippen molar-refractivity contribution >= 4 is 5.91 Å². The number of carbonyl (C=O) groups excluding carboxylic acids is 1. The van der Waals surface area contributed by atoms with E-state index in [1.165, 1.54) is 0 Å². The first-order valence-corrected chi connectivity index (χ1v) is 6.07. The van der Waals surface area contributed by atoms with Crippen molar-refractivity contribution in [2.45, 2.75) is 20.4 Å². The van der Waals surface area contributed by atoms with E-state index in [0.717, 1.165) is 11.1 Å². The summed E-state index contributed by atoms with van der Waals surface area (Å²) in [5, 5.41) is 0. The molecule has 0 aliphatic rings. The quantitative estimate of drug-likeness (QED) is 0.821. The van der Waals surface area contributed by atoms with Crippen LogP contribution in [0.4, 0.5) is 0 Å². The lowest BCUT2D eigenvalue weighted by Crippen LogP contribution is -2.29. The van der Waals surface area contributed by atoms with Gasteiger partial charge in [0.15, 0.2) is 0 Å². The third-order valence-electron chi connectivity index (χ3n) is 2.55. The van der Waals surface area contributed by atoms with E-state index in [1.807, 2.05) is 45.2 Å². The average Bonchev–Trinajstić information content (AvgIpc) is 2.35. The lowest BCUT2D eigenvalue weighted by Gasteiger charge is -2.19. The van der Waals surface area contributed by atoms with Gasteiger partial charge in [0.1, 0.15) is 0 Å². The van der Waals surface area contributed by atoms with E-state index in [2.05, 4.69) is 11.8 Å². The summed E-state index contributed by atoms with van der Waals surface area (Å²) < 4.78 is 0. The maximum absolute atomic E-state index is 11.8. The molecule has 0 bridgehead atoms. The van der Waals surface area contributed by atoms with Gasteiger partial charge in [-0.25, -0.2) is 0 Å². The summed E-state index contributed by atoms with van der Waals surface area (Å²) in [6.07, 6.45) is 0. The summed E-state index contributed by atoms with van der Waals surface area (Å²) in [7, 11) is 1.82. The van der Waals surface area contributed by atoms with Crippen molar-refractivity contribution in [3.8, 4) is 11.8 Å². The highest BCUT2D eigenvalue weighted by atomic mass is 16.2. The van der Waals surface area contributed by atoms with Gasteiger partial charge in [-0.2, -0.15) is 0 Å². The minimum absolute atomic E-state index is 0.0233.